The number of carbonyl (C=O) groups is 1. The molecule has 3 rings (SSSR count). The van der Waals surface area contributed by atoms with Crippen molar-refractivity contribution < 1.29 is 9.53 Å². The van der Waals surface area contributed by atoms with Crippen molar-refractivity contribution >= 4 is 11.6 Å². The van der Waals surface area contributed by atoms with Gasteiger partial charge in [0, 0.05) is 37.6 Å². The maximum atomic E-state index is 12.6. The highest BCUT2D eigenvalue weighted by molar-refractivity contribution is 5.99. The van der Waals surface area contributed by atoms with Crippen molar-refractivity contribution in [2.24, 2.45) is 5.92 Å². The Bertz CT molecular complexity index is 755. The first-order valence-corrected chi connectivity index (χ1v) is 8.88. The van der Waals surface area contributed by atoms with Gasteiger partial charge in [0.1, 0.15) is 5.56 Å². The Hall–Kier alpha value is -1.99. The zero-order valence-corrected chi connectivity index (χ0v) is 15.5. The quantitative estimate of drug-likeness (QED) is 0.888. The molecular formula is C18H27N5O2. The lowest BCUT2D eigenvalue weighted by molar-refractivity contribution is -0.0295. The standard InChI is InChI=1S/C18H27N5O2/c1-12(2)10-22-5-6-25-15(11-22)8-19-18(24)16-9-20-23-14(4)7-13(3)21-17(16)23/h7,9,12,15H,5-6,8,10-11H2,1-4H3,(H,19,24)/t15-/m0/s1. The number of nitrogens with zero attached hydrogens (tertiary/aromatic N) is 4. The molecule has 2 aromatic rings. The van der Waals surface area contributed by atoms with E-state index in [1.807, 2.05) is 19.9 Å². The minimum absolute atomic E-state index is 0.0229. The summed E-state index contributed by atoms with van der Waals surface area (Å²) in [5.41, 5.74) is 2.93. The van der Waals surface area contributed by atoms with Crippen molar-refractivity contribution in [3.63, 3.8) is 0 Å². The summed E-state index contributed by atoms with van der Waals surface area (Å²) in [6, 6.07) is 1.95. The molecule has 2 aromatic heterocycles. The number of hydrogen-bond donors (Lipinski definition) is 1. The SMILES string of the molecule is Cc1cc(C)n2ncc(C(=O)NC[C@H]3CN(CC(C)C)CCO3)c2n1. The monoisotopic (exact) mass is 345 g/mol. The largest absolute Gasteiger partial charge is 0.374 e. The van der Waals surface area contributed by atoms with Gasteiger partial charge in [-0.2, -0.15) is 5.10 Å². The zero-order chi connectivity index (χ0) is 18.0. The molecule has 3 heterocycles. The fourth-order valence-corrected chi connectivity index (χ4v) is 3.32. The summed E-state index contributed by atoms with van der Waals surface area (Å²) < 4.78 is 7.49. The summed E-state index contributed by atoms with van der Waals surface area (Å²) >= 11 is 0. The van der Waals surface area contributed by atoms with Gasteiger partial charge in [-0.25, -0.2) is 9.50 Å². The lowest BCUT2D eigenvalue weighted by Crippen LogP contribution is -2.48. The van der Waals surface area contributed by atoms with Crippen molar-refractivity contribution in [1.82, 2.24) is 24.8 Å². The van der Waals surface area contributed by atoms with Crippen LogP contribution in [0.15, 0.2) is 12.3 Å². The molecule has 1 saturated heterocycles. The second-order valence-corrected chi connectivity index (χ2v) is 7.19. The van der Waals surface area contributed by atoms with E-state index < -0.39 is 0 Å². The topological polar surface area (TPSA) is 71.8 Å². The van der Waals surface area contributed by atoms with E-state index in [-0.39, 0.29) is 12.0 Å². The van der Waals surface area contributed by atoms with Gasteiger partial charge in [-0.05, 0) is 25.8 Å². The Kier molecular flexibility index (Phi) is 5.34. The Labute approximate surface area is 148 Å². The minimum atomic E-state index is -0.155. The van der Waals surface area contributed by atoms with Gasteiger partial charge < -0.3 is 10.1 Å². The predicted molar refractivity (Wildman–Crippen MR) is 95.8 cm³/mol. The van der Waals surface area contributed by atoms with Crippen LogP contribution < -0.4 is 5.32 Å². The van der Waals surface area contributed by atoms with Crippen molar-refractivity contribution in [3.05, 3.63) is 29.2 Å². The molecule has 0 radical (unpaired) electrons. The molecule has 25 heavy (non-hydrogen) atoms. The highest BCUT2D eigenvalue weighted by atomic mass is 16.5. The van der Waals surface area contributed by atoms with Crippen molar-refractivity contribution in [1.29, 1.82) is 0 Å². The van der Waals surface area contributed by atoms with Gasteiger partial charge in [0.2, 0.25) is 0 Å². The first-order valence-electron chi connectivity index (χ1n) is 8.88. The van der Waals surface area contributed by atoms with Gasteiger partial charge >= 0.3 is 0 Å². The second-order valence-electron chi connectivity index (χ2n) is 7.19. The molecule has 1 atom stereocenters. The third-order valence-corrected chi connectivity index (χ3v) is 4.36. The van der Waals surface area contributed by atoms with E-state index in [2.05, 4.69) is 34.1 Å². The lowest BCUT2D eigenvalue weighted by atomic mass is 10.2. The van der Waals surface area contributed by atoms with Gasteiger partial charge in [0.15, 0.2) is 5.65 Å². The molecule has 1 aliphatic heterocycles. The number of rotatable bonds is 5. The van der Waals surface area contributed by atoms with E-state index in [1.165, 1.54) is 0 Å². The number of aromatic nitrogens is 3. The molecule has 1 N–H and O–H groups in total. The van der Waals surface area contributed by atoms with E-state index in [1.54, 1.807) is 10.7 Å². The van der Waals surface area contributed by atoms with Crippen LogP contribution in [0.2, 0.25) is 0 Å². The molecule has 0 bridgehead atoms. The van der Waals surface area contributed by atoms with Gasteiger partial charge in [0.05, 0.1) is 18.9 Å². The molecule has 0 saturated carbocycles. The fraction of sp³-hybridized carbons (Fsp3) is 0.611. The van der Waals surface area contributed by atoms with Gasteiger partial charge in [-0.3, -0.25) is 9.69 Å². The van der Waals surface area contributed by atoms with Crippen LogP contribution in [0.25, 0.3) is 5.65 Å². The Balaban J connectivity index is 1.63. The number of carbonyl (C=O) groups excluding carboxylic acids is 1. The van der Waals surface area contributed by atoms with Crippen LogP contribution in [0.1, 0.15) is 35.6 Å². The normalized spacial score (nSPS) is 18.8. The van der Waals surface area contributed by atoms with Crippen molar-refractivity contribution in [2.45, 2.75) is 33.8 Å². The van der Waals surface area contributed by atoms with Crippen LogP contribution in [-0.4, -0.2) is 64.3 Å². The zero-order valence-electron chi connectivity index (χ0n) is 15.5. The van der Waals surface area contributed by atoms with Gasteiger partial charge in [0.25, 0.3) is 5.91 Å². The highest BCUT2D eigenvalue weighted by Crippen LogP contribution is 2.12. The smallest absolute Gasteiger partial charge is 0.256 e. The van der Waals surface area contributed by atoms with Crippen molar-refractivity contribution in [2.75, 3.05) is 32.8 Å². The van der Waals surface area contributed by atoms with Gasteiger partial charge in [-0.15, -0.1) is 0 Å². The highest BCUT2D eigenvalue weighted by Gasteiger charge is 2.22. The Morgan fingerprint density at radius 1 is 1.44 bits per heavy atom. The molecule has 7 nitrogen and oxygen atoms in total. The molecule has 0 aromatic carbocycles. The molecule has 0 unspecified atom stereocenters. The number of ether oxygens (including phenoxy) is 1. The van der Waals surface area contributed by atoms with E-state index in [9.17, 15) is 4.79 Å². The number of morpholine rings is 1. The van der Waals surface area contributed by atoms with Crippen LogP contribution in [0.3, 0.4) is 0 Å². The first kappa shape index (κ1) is 17.8. The summed E-state index contributed by atoms with van der Waals surface area (Å²) in [5.74, 6) is 0.474. The number of fused-ring (bicyclic) bond motifs is 1. The Morgan fingerprint density at radius 3 is 3.00 bits per heavy atom. The summed E-state index contributed by atoms with van der Waals surface area (Å²) in [5, 5.41) is 7.25. The molecule has 136 valence electrons. The van der Waals surface area contributed by atoms with Crippen LogP contribution >= 0.6 is 0 Å². The number of hydrogen-bond acceptors (Lipinski definition) is 5. The Morgan fingerprint density at radius 2 is 2.24 bits per heavy atom. The molecule has 1 fully saturated rings. The molecule has 0 aliphatic carbocycles. The molecule has 1 aliphatic rings. The molecule has 7 heteroatoms. The van der Waals surface area contributed by atoms with E-state index in [0.717, 1.165) is 31.0 Å². The van der Waals surface area contributed by atoms with Crippen LogP contribution in [0, 0.1) is 19.8 Å². The van der Waals surface area contributed by atoms with Crippen LogP contribution in [-0.2, 0) is 4.74 Å². The summed E-state index contributed by atoms with van der Waals surface area (Å²) in [6.45, 7) is 12.4. The van der Waals surface area contributed by atoms with Crippen molar-refractivity contribution in [3.8, 4) is 0 Å². The number of amides is 1. The second kappa shape index (κ2) is 7.49. The van der Waals surface area contributed by atoms with E-state index >= 15 is 0 Å². The predicted octanol–water partition coefficient (Wildman–Crippen LogP) is 1.43. The third kappa shape index (κ3) is 4.16. The first-order chi connectivity index (χ1) is 11.9. The maximum Gasteiger partial charge on any atom is 0.256 e. The van der Waals surface area contributed by atoms with Crippen LogP contribution in [0.5, 0.6) is 0 Å². The molecule has 0 spiro atoms. The van der Waals surface area contributed by atoms with E-state index in [4.69, 9.17) is 4.74 Å². The summed E-state index contributed by atoms with van der Waals surface area (Å²) in [6.07, 6.45) is 1.60. The average molecular weight is 345 g/mol. The summed E-state index contributed by atoms with van der Waals surface area (Å²) in [4.78, 5) is 19.4. The lowest BCUT2D eigenvalue weighted by Gasteiger charge is -2.33. The minimum Gasteiger partial charge on any atom is -0.374 e. The number of nitrogens with one attached hydrogen (secondary N) is 1. The maximum absolute atomic E-state index is 12.6. The van der Waals surface area contributed by atoms with Gasteiger partial charge in [-0.1, -0.05) is 13.8 Å². The molecular weight excluding hydrogens is 318 g/mol. The molecule has 1 amide bonds. The van der Waals surface area contributed by atoms with E-state index in [0.29, 0.717) is 30.3 Å². The number of aryl methyl sites for hydroxylation is 2. The summed E-state index contributed by atoms with van der Waals surface area (Å²) in [7, 11) is 0. The van der Waals surface area contributed by atoms with Crippen LogP contribution in [0.4, 0.5) is 0 Å². The fourth-order valence-electron chi connectivity index (χ4n) is 3.32. The third-order valence-electron chi connectivity index (χ3n) is 4.36. The average Bonchev–Trinajstić information content (AvgIpc) is 2.96.